The van der Waals surface area contributed by atoms with E-state index in [4.69, 9.17) is 4.42 Å². The van der Waals surface area contributed by atoms with Crippen molar-refractivity contribution < 1.29 is 17.4 Å². The number of hydrogen-bond acceptors (Lipinski definition) is 6. The SMILES string of the molecule is O=S(=O)(c1cnoc1)N1CCSC(c2ccco2)CC1. The van der Waals surface area contributed by atoms with E-state index in [2.05, 4.69) is 9.68 Å². The van der Waals surface area contributed by atoms with E-state index in [1.165, 1.54) is 10.5 Å². The zero-order valence-electron chi connectivity index (χ0n) is 10.6. The third-order valence-electron chi connectivity index (χ3n) is 3.21. The topological polar surface area (TPSA) is 76.6 Å². The molecule has 0 amide bonds. The highest BCUT2D eigenvalue weighted by Crippen LogP contribution is 2.35. The molecule has 1 saturated heterocycles. The summed E-state index contributed by atoms with van der Waals surface area (Å²) in [4.78, 5) is 0.110. The van der Waals surface area contributed by atoms with Crippen molar-refractivity contribution in [1.82, 2.24) is 9.46 Å². The fourth-order valence-electron chi connectivity index (χ4n) is 2.16. The molecule has 0 bridgehead atoms. The van der Waals surface area contributed by atoms with Gasteiger partial charge in [0.1, 0.15) is 16.9 Å². The maximum absolute atomic E-state index is 12.4. The Morgan fingerprint density at radius 2 is 2.30 bits per heavy atom. The Morgan fingerprint density at radius 1 is 1.40 bits per heavy atom. The summed E-state index contributed by atoms with van der Waals surface area (Å²) in [5.41, 5.74) is 0. The number of sulfonamides is 1. The fraction of sp³-hybridized carbons (Fsp3) is 0.417. The molecule has 1 aliphatic heterocycles. The molecule has 0 aliphatic carbocycles. The predicted molar refractivity (Wildman–Crippen MR) is 73.8 cm³/mol. The maximum atomic E-state index is 12.4. The van der Waals surface area contributed by atoms with Gasteiger partial charge in [0.2, 0.25) is 10.0 Å². The summed E-state index contributed by atoms with van der Waals surface area (Å²) in [7, 11) is -3.50. The number of furan rings is 1. The normalized spacial score (nSPS) is 21.7. The molecule has 2 aromatic rings. The molecule has 20 heavy (non-hydrogen) atoms. The zero-order chi connectivity index (χ0) is 14.0. The van der Waals surface area contributed by atoms with Gasteiger partial charge in [-0.1, -0.05) is 5.16 Å². The van der Waals surface area contributed by atoms with Crippen LogP contribution in [0.5, 0.6) is 0 Å². The van der Waals surface area contributed by atoms with Crippen LogP contribution in [0.4, 0.5) is 0 Å². The largest absolute Gasteiger partial charge is 0.468 e. The molecule has 6 nitrogen and oxygen atoms in total. The molecular formula is C12H14N2O4S2. The standard InChI is InChI=1S/C12H14N2O4S2/c15-20(16,10-8-13-18-9-10)14-4-3-12(19-7-5-14)11-2-1-6-17-11/h1-2,6,8-9,12H,3-5,7H2. The minimum absolute atomic E-state index is 0.110. The first-order valence-corrected chi connectivity index (χ1v) is 8.71. The van der Waals surface area contributed by atoms with E-state index in [-0.39, 0.29) is 10.1 Å². The third-order valence-corrected chi connectivity index (χ3v) is 6.34. The minimum atomic E-state index is -3.50. The number of rotatable bonds is 3. The summed E-state index contributed by atoms with van der Waals surface area (Å²) >= 11 is 1.72. The molecule has 0 saturated carbocycles. The highest BCUT2D eigenvalue weighted by atomic mass is 32.2. The van der Waals surface area contributed by atoms with Crippen LogP contribution < -0.4 is 0 Å². The van der Waals surface area contributed by atoms with Crippen molar-refractivity contribution in [2.24, 2.45) is 0 Å². The Bertz CT molecular complexity index is 637. The van der Waals surface area contributed by atoms with Gasteiger partial charge in [0.15, 0.2) is 0 Å². The Labute approximate surface area is 121 Å². The molecule has 3 rings (SSSR count). The van der Waals surface area contributed by atoms with Gasteiger partial charge in [-0.25, -0.2) is 8.42 Å². The molecule has 0 radical (unpaired) electrons. The van der Waals surface area contributed by atoms with Gasteiger partial charge in [-0.2, -0.15) is 4.31 Å². The summed E-state index contributed by atoms with van der Waals surface area (Å²) < 4.78 is 36.3. The molecule has 1 aliphatic rings. The Hall–Kier alpha value is -1.25. The second kappa shape index (κ2) is 5.63. The number of hydrogen-bond donors (Lipinski definition) is 0. The van der Waals surface area contributed by atoms with Crippen molar-refractivity contribution in [3.05, 3.63) is 36.6 Å². The first-order valence-electron chi connectivity index (χ1n) is 6.22. The Balaban J connectivity index is 1.75. The van der Waals surface area contributed by atoms with E-state index in [1.54, 1.807) is 18.0 Å². The van der Waals surface area contributed by atoms with Crippen molar-refractivity contribution >= 4 is 21.8 Å². The van der Waals surface area contributed by atoms with Gasteiger partial charge in [0, 0.05) is 18.8 Å². The fourth-order valence-corrected chi connectivity index (χ4v) is 4.78. The molecule has 2 aromatic heterocycles. The second-order valence-corrected chi connectivity index (χ2v) is 7.68. The average molecular weight is 314 g/mol. The molecule has 1 unspecified atom stereocenters. The lowest BCUT2D eigenvalue weighted by molar-refractivity contribution is 0.409. The van der Waals surface area contributed by atoms with E-state index in [9.17, 15) is 8.42 Å². The quantitative estimate of drug-likeness (QED) is 0.864. The lowest BCUT2D eigenvalue weighted by atomic mass is 10.2. The van der Waals surface area contributed by atoms with Crippen molar-refractivity contribution in [3.63, 3.8) is 0 Å². The predicted octanol–water partition coefficient (Wildman–Crippen LogP) is 2.14. The van der Waals surface area contributed by atoms with Gasteiger partial charge in [0.25, 0.3) is 0 Å². The molecule has 0 aromatic carbocycles. The van der Waals surface area contributed by atoms with Crippen LogP contribution in [0.25, 0.3) is 0 Å². The minimum Gasteiger partial charge on any atom is -0.468 e. The van der Waals surface area contributed by atoms with Gasteiger partial charge >= 0.3 is 0 Å². The summed E-state index contributed by atoms with van der Waals surface area (Å²) in [5.74, 6) is 1.63. The van der Waals surface area contributed by atoms with Crippen molar-refractivity contribution in [2.45, 2.75) is 16.6 Å². The van der Waals surface area contributed by atoms with Crippen LogP contribution in [-0.4, -0.2) is 36.7 Å². The monoisotopic (exact) mass is 314 g/mol. The summed E-state index contributed by atoms with van der Waals surface area (Å²) in [6.45, 7) is 0.946. The first kappa shape index (κ1) is 13.7. The molecule has 8 heteroatoms. The van der Waals surface area contributed by atoms with Crippen LogP contribution in [0, 0.1) is 0 Å². The molecule has 1 atom stereocenters. The van der Waals surface area contributed by atoms with Gasteiger partial charge in [-0.3, -0.25) is 0 Å². The number of thioether (sulfide) groups is 1. The zero-order valence-corrected chi connectivity index (χ0v) is 12.3. The Morgan fingerprint density at radius 3 is 3.00 bits per heavy atom. The van der Waals surface area contributed by atoms with E-state index in [0.29, 0.717) is 13.1 Å². The summed E-state index contributed by atoms with van der Waals surface area (Å²) in [6.07, 6.45) is 4.77. The second-order valence-electron chi connectivity index (χ2n) is 4.43. The molecule has 3 heterocycles. The molecule has 108 valence electrons. The van der Waals surface area contributed by atoms with Crippen LogP contribution in [-0.2, 0) is 10.0 Å². The number of aromatic nitrogens is 1. The van der Waals surface area contributed by atoms with E-state index >= 15 is 0 Å². The van der Waals surface area contributed by atoms with Crippen molar-refractivity contribution in [1.29, 1.82) is 0 Å². The molecule has 0 spiro atoms. The molecular weight excluding hydrogens is 300 g/mol. The van der Waals surface area contributed by atoms with E-state index in [0.717, 1.165) is 24.2 Å². The molecule has 1 fully saturated rings. The lowest BCUT2D eigenvalue weighted by Gasteiger charge is -2.18. The Kier molecular flexibility index (Phi) is 3.86. The van der Waals surface area contributed by atoms with Gasteiger partial charge < -0.3 is 8.94 Å². The van der Waals surface area contributed by atoms with E-state index in [1.807, 2.05) is 12.1 Å². The highest BCUT2D eigenvalue weighted by molar-refractivity contribution is 7.99. The number of nitrogens with zero attached hydrogens (tertiary/aromatic N) is 2. The average Bonchev–Trinajstić information content (AvgIpc) is 3.08. The smallest absolute Gasteiger partial charge is 0.247 e. The summed E-state index contributed by atoms with van der Waals surface area (Å²) in [6, 6.07) is 3.79. The van der Waals surface area contributed by atoms with Crippen molar-refractivity contribution in [3.8, 4) is 0 Å². The van der Waals surface area contributed by atoms with Gasteiger partial charge in [0.05, 0.1) is 17.7 Å². The third kappa shape index (κ3) is 2.63. The van der Waals surface area contributed by atoms with Crippen LogP contribution >= 0.6 is 11.8 Å². The van der Waals surface area contributed by atoms with Crippen LogP contribution in [0.15, 0.2) is 44.7 Å². The van der Waals surface area contributed by atoms with Crippen molar-refractivity contribution in [2.75, 3.05) is 18.8 Å². The van der Waals surface area contributed by atoms with Gasteiger partial charge in [-0.15, -0.1) is 11.8 Å². The molecule has 0 N–H and O–H groups in total. The van der Waals surface area contributed by atoms with Crippen LogP contribution in [0.2, 0.25) is 0 Å². The van der Waals surface area contributed by atoms with Crippen LogP contribution in [0.3, 0.4) is 0 Å². The first-order chi connectivity index (χ1) is 9.68. The summed E-state index contributed by atoms with van der Waals surface area (Å²) in [5, 5.41) is 3.66. The van der Waals surface area contributed by atoms with E-state index < -0.39 is 10.0 Å². The highest BCUT2D eigenvalue weighted by Gasteiger charge is 2.30. The van der Waals surface area contributed by atoms with Crippen LogP contribution in [0.1, 0.15) is 17.4 Å². The van der Waals surface area contributed by atoms with Gasteiger partial charge in [-0.05, 0) is 18.6 Å². The maximum Gasteiger partial charge on any atom is 0.247 e. The lowest BCUT2D eigenvalue weighted by Crippen LogP contribution is -2.32.